The molecule has 3 heteroatoms. The fraction of sp³-hybridized carbons (Fsp3) is 0.500. The predicted octanol–water partition coefficient (Wildman–Crippen LogP) is 2.34. The second-order valence-corrected chi connectivity index (χ2v) is 4.16. The van der Waals surface area contributed by atoms with Crippen molar-refractivity contribution in [2.75, 3.05) is 13.1 Å². The molecular formula is C14H22N2O. The second kappa shape index (κ2) is 7.07. The molecule has 0 bridgehead atoms. The molecule has 17 heavy (non-hydrogen) atoms. The van der Waals surface area contributed by atoms with Gasteiger partial charge in [0.15, 0.2) is 0 Å². The molecule has 0 unspecified atom stereocenters. The average molecular weight is 234 g/mol. The summed E-state index contributed by atoms with van der Waals surface area (Å²) in [6.07, 6.45) is 2.12. The molecule has 1 amide bonds. The van der Waals surface area contributed by atoms with Gasteiger partial charge in [-0.05, 0) is 18.9 Å². The van der Waals surface area contributed by atoms with E-state index >= 15 is 0 Å². The van der Waals surface area contributed by atoms with Gasteiger partial charge in [0.2, 0.25) is 5.91 Å². The summed E-state index contributed by atoms with van der Waals surface area (Å²) in [4.78, 5) is 14.0. The van der Waals surface area contributed by atoms with E-state index in [1.165, 1.54) is 0 Å². The van der Waals surface area contributed by atoms with Gasteiger partial charge in [0.1, 0.15) is 6.04 Å². The lowest BCUT2D eigenvalue weighted by molar-refractivity contribution is -0.132. The minimum atomic E-state index is -0.534. The first-order valence-electron chi connectivity index (χ1n) is 6.30. The number of likely N-dealkylation sites (N-methyl/N-ethyl adjacent to an activating group) is 1. The van der Waals surface area contributed by atoms with E-state index in [4.69, 9.17) is 5.73 Å². The summed E-state index contributed by atoms with van der Waals surface area (Å²) in [5, 5.41) is 0. The first kappa shape index (κ1) is 13.7. The Morgan fingerprint density at radius 1 is 1.29 bits per heavy atom. The van der Waals surface area contributed by atoms with E-state index < -0.39 is 6.04 Å². The maximum atomic E-state index is 12.2. The first-order valence-corrected chi connectivity index (χ1v) is 6.30. The summed E-state index contributed by atoms with van der Waals surface area (Å²) in [6.45, 7) is 5.63. The number of nitrogens with two attached hydrogens (primary N) is 1. The third-order valence-electron chi connectivity index (χ3n) is 2.90. The van der Waals surface area contributed by atoms with Gasteiger partial charge in [0.25, 0.3) is 0 Å². The second-order valence-electron chi connectivity index (χ2n) is 4.16. The number of unbranched alkanes of at least 4 members (excludes halogenated alkanes) is 1. The standard InChI is InChI=1S/C14H22N2O/c1-3-5-11-16(4-2)14(17)13(15)12-9-7-6-8-10-12/h6-10,13H,3-5,11,15H2,1-2H3/t13-/m0/s1. The van der Waals surface area contributed by atoms with Gasteiger partial charge in [0.05, 0.1) is 0 Å². The molecule has 1 atom stereocenters. The van der Waals surface area contributed by atoms with Gasteiger partial charge in [0, 0.05) is 13.1 Å². The molecule has 0 saturated carbocycles. The SMILES string of the molecule is CCCCN(CC)C(=O)[C@@H](N)c1ccccc1. The van der Waals surface area contributed by atoms with Crippen molar-refractivity contribution in [3.05, 3.63) is 35.9 Å². The van der Waals surface area contributed by atoms with Gasteiger partial charge in [-0.3, -0.25) is 4.79 Å². The molecule has 1 aromatic rings. The molecule has 3 nitrogen and oxygen atoms in total. The molecule has 2 N–H and O–H groups in total. The number of amides is 1. The van der Waals surface area contributed by atoms with E-state index in [9.17, 15) is 4.79 Å². The molecule has 0 fully saturated rings. The number of nitrogens with zero attached hydrogens (tertiary/aromatic N) is 1. The number of rotatable bonds is 6. The Kier molecular flexibility index (Phi) is 5.70. The largest absolute Gasteiger partial charge is 0.341 e. The summed E-state index contributed by atoms with van der Waals surface area (Å²) < 4.78 is 0. The number of hydrogen-bond donors (Lipinski definition) is 1. The van der Waals surface area contributed by atoms with Crippen LogP contribution in [-0.2, 0) is 4.79 Å². The Balaban J connectivity index is 2.67. The van der Waals surface area contributed by atoms with Crippen LogP contribution in [0.3, 0.4) is 0 Å². The van der Waals surface area contributed by atoms with Gasteiger partial charge in [-0.25, -0.2) is 0 Å². The maximum absolute atomic E-state index is 12.2. The van der Waals surface area contributed by atoms with E-state index in [1.54, 1.807) is 0 Å². The highest BCUT2D eigenvalue weighted by Gasteiger charge is 2.20. The highest BCUT2D eigenvalue weighted by atomic mass is 16.2. The van der Waals surface area contributed by atoms with Crippen LogP contribution < -0.4 is 5.73 Å². The van der Waals surface area contributed by atoms with Crippen LogP contribution in [0.2, 0.25) is 0 Å². The molecule has 0 aromatic heterocycles. The zero-order valence-corrected chi connectivity index (χ0v) is 10.7. The van der Waals surface area contributed by atoms with Crippen LogP contribution in [0.5, 0.6) is 0 Å². The molecule has 0 saturated heterocycles. The molecule has 0 aliphatic heterocycles. The van der Waals surface area contributed by atoms with Gasteiger partial charge in [-0.1, -0.05) is 43.7 Å². The summed E-state index contributed by atoms with van der Waals surface area (Å²) in [6, 6.07) is 9.00. The van der Waals surface area contributed by atoms with E-state index in [-0.39, 0.29) is 5.91 Å². The van der Waals surface area contributed by atoms with Crippen molar-refractivity contribution in [3.63, 3.8) is 0 Å². The normalized spacial score (nSPS) is 12.2. The zero-order valence-electron chi connectivity index (χ0n) is 10.7. The third kappa shape index (κ3) is 3.86. The average Bonchev–Trinajstić information content (AvgIpc) is 2.39. The Labute approximate surface area is 104 Å². The number of benzene rings is 1. The van der Waals surface area contributed by atoms with Crippen molar-refractivity contribution in [3.8, 4) is 0 Å². The van der Waals surface area contributed by atoms with Gasteiger partial charge < -0.3 is 10.6 Å². The van der Waals surface area contributed by atoms with Gasteiger partial charge in [-0.2, -0.15) is 0 Å². The van der Waals surface area contributed by atoms with Crippen LogP contribution in [0.25, 0.3) is 0 Å². The Hall–Kier alpha value is -1.35. The Bertz CT molecular complexity index is 337. The van der Waals surface area contributed by atoms with Crippen LogP contribution in [0.4, 0.5) is 0 Å². The summed E-state index contributed by atoms with van der Waals surface area (Å²) in [5.41, 5.74) is 6.88. The molecule has 94 valence electrons. The minimum absolute atomic E-state index is 0.0205. The highest BCUT2D eigenvalue weighted by molar-refractivity contribution is 5.83. The molecule has 0 aliphatic carbocycles. The smallest absolute Gasteiger partial charge is 0.244 e. The molecule has 0 radical (unpaired) electrons. The van der Waals surface area contributed by atoms with Crippen molar-refractivity contribution < 1.29 is 4.79 Å². The molecule has 1 rings (SSSR count). The molecule has 0 aliphatic rings. The van der Waals surface area contributed by atoms with Crippen LogP contribution in [0, 0.1) is 0 Å². The fourth-order valence-corrected chi connectivity index (χ4v) is 1.77. The lowest BCUT2D eigenvalue weighted by Gasteiger charge is -2.24. The van der Waals surface area contributed by atoms with E-state index in [1.807, 2.05) is 42.2 Å². The van der Waals surface area contributed by atoms with E-state index in [0.29, 0.717) is 0 Å². The van der Waals surface area contributed by atoms with Crippen molar-refractivity contribution >= 4 is 5.91 Å². The van der Waals surface area contributed by atoms with Crippen LogP contribution in [0.15, 0.2) is 30.3 Å². The molecule has 1 aromatic carbocycles. The summed E-state index contributed by atoms with van der Waals surface area (Å²) in [7, 11) is 0. The third-order valence-corrected chi connectivity index (χ3v) is 2.90. The zero-order chi connectivity index (χ0) is 12.7. The monoisotopic (exact) mass is 234 g/mol. The predicted molar refractivity (Wildman–Crippen MR) is 70.5 cm³/mol. The van der Waals surface area contributed by atoms with Crippen molar-refractivity contribution in [2.24, 2.45) is 5.73 Å². The molecule has 0 spiro atoms. The minimum Gasteiger partial charge on any atom is -0.341 e. The number of hydrogen-bond acceptors (Lipinski definition) is 2. The van der Waals surface area contributed by atoms with E-state index in [0.717, 1.165) is 31.5 Å². The molecule has 0 heterocycles. The van der Waals surface area contributed by atoms with Crippen LogP contribution in [-0.4, -0.2) is 23.9 Å². The van der Waals surface area contributed by atoms with E-state index in [2.05, 4.69) is 6.92 Å². The quantitative estimate of drug-likeness (QED) is 0.821. The Morgan fingerprint density at radius 2 is 1.94 bits per heavy atom. The fourth-order valence-electron chi connectivity index (χ4n) is 1.77. The number of carbonyl (C=O) groups is 1. The summed E-state index contributed by atoms with van der Waals surface area (Å²) >= 11 is 0. The van der Waals surface area contributed by atoms with Gasteiger partial charge in [-0.15, -0.1) is 0 Å². The van der Waals surface area contributed by atoms with Crippen LogP contribution in [0.1, 0.15) is 38.3 Å². The van der Waals surface area contributed by atoms with Crippen molar-refractivity contribution in [1.29, 1.82) is 0 Å². The topological polar surface area (TPSA) is 46.3 Å². The van der Waals surface area contributed by atoms with Crippen molar-refractivity contribution in [2.45, 2.75) is 32.7 Å². The van der Waals surface area contributed by atoms with Crippen molar-refractivity contribution in [1.82, 2.24) is 4.90 Å². The number of carbonyl (C=O) groups excluding carboxylic acids is 1. The van der Waals surface area contributed by atoms with Gasteiger partial charge >= 0.3 is 0 Å². The lowest BCUT2D eigenvalue weighted by atomic mass is 10.1. The highest BCUT2D eigenvalue weighted by Crippen LogP contribution is 2.13. The lowest BCUT2D eigenvalue weighted by Crippen LogP contribution is -2.39. The Morgan fingerprint density at radius 3 is 2.47 bits per heavy atom. The molecular weight excluding hydrogens is 212 g/mol. The first-order chi connectivity index (χ1) is 8.20. The maximum Gasteiger partial charge on any atom is 0.244 e. The van der Waals surface area contributed by atoms with Crippen LogP contribution >= 0.6 is 0 Å². The summed E-state index contributed by atoms with van der Waals surface area (Å²) in [5.74, 6) is 0.0205.